The normalized spacial score (nSPS) is 13.6. The van der Waals surface area contributed by atoms with E-state index in [1.807, 2.05) is 66.7 Å². The van der Waals surface area contributed by atoms with Crippen LogP contribution in [0.3, 0.4) is 0 Å². The van der Waals surface area contributed by atoms with Gasteiger partial charge < -0.3 is 19.7 Å². The average Bonchev–Trinajstić information content (AvgIpc) is 2.91. The molecule has 0 spiro atoms. The van der Waals surface area contributed by atoms with Crippen molar-refractivity contribution in [2.45, 2.75) is 0 Å². The zero-order valence-corrected chi connectivity index (χ0v) is 19.4. The van der Waals surface area contributed by atoms with E-state index < -0.39 is 0 Å². The van der Waals surface area contributed by atoms with Gasteiger partial charge in [-0.25, -0.2) is 4.68 Å². The standard InChI is InChI=1S/C27H26N4O4/c1-30-27(33)22-10-6-5-9-21(22)26(29-30)19-11-12-24(31-13-15-34-16-14-31)23(17-19)28-25(32)18-35-20-7-3-2-4-8-20/h2-12,17H,13-16,18H2,1H3,(H,28,32). The molecule has 4 aromatic rings. The summed E-state index contributed by atoms with van der Waals surface area (Å²) in [6.07, 6.45) is 0. The molecule has 1 saturated heterocycles. The van der Waals surface area contributed by atoms with Crippen LogP contribution in [-0.4, -0.2) is 48.6 Å². The molecule has 3 aromatic carbocycles. The fourth-order valence-electron chi connectivity index (χ4n) is 4.23. The highest BCUT2D eigenvalue weighted by molar-refractivity contribution is 5.99. The van der Waals surface area contributed by atoms with Gasteiger partial charge in [-0.1, -0.05) is 42.5 Å². The maximum absolute atomic E-state index is 12.8. The molecule has 0 bridgehead atoms. The molecule has 1 aliphatic rings. The van der Waals surface area contributed by atoms with E-state index in [-0.39, 0.29) is 18.1 Å². The molecule has 8 nitrogen and oxygen atoms in total. The maximum Gasteiger partial charge on any atom is 0.274 e. The molecule has 8 heteroatoms. The number of fused-ring (bicyclic) bond motifs is 1. The Bertz CT molecular complexity index is 1410. The molecule has 2 heterocycles. The van der Waals surface area contributed by atoms with Crippen LogP contribution in [0.4, 0.5) is 11.4 Å². The van der Waals surface area contributed by atoms with Crippen LogP contribution in [-0.2, 0) is 16.6 Å². The van der Waals surface area contributed by atoms with Crippen molar-refractivity contribution in [2.75, 3.05) is 43.1 Å². The zero-order chi connectivity index (χ0) is 24.2. The Hall–Kier alpha value is -4.17. The summed E-state index contributed by atoms with van der Waals surface area (Å²) < 4.78 is 12.5. The van der Waals surface area contributed by atoms with E-state index in [0.29, 0.717) is 35.7 Å². The molecule has 1 aromatic heterocycles. The highest BCUT2D eigenvalue weighted by Gasteiger charge is 2.19. The van der Waals surface area contributed by atoms with Gasteiger partial charge in [-0.15, -0.1) is 0 Å². The Labute approximate surface area is 202 Å². The van der Waals surface area contributed by atoms with Crippen molar-refractivity contribution in [1.82, 2.24) is 9.78 Å². The summed E-state index contributed by atoms with van der Waals surface area (Å²) >= 11 is 0. The maximum atomic E-state index is 12.8. The van der Waals surface area contributed by atoms with Crippen LogP contribution in [0.2, 0.25) is 0 Å². The van der Waals surface area contributed by atoms with Crippen molar-refractivity contribution < 1.29 is 14.3 Å². The van der Waals surface area contributed by atoms with Crippen molar-refractivity contribution >= 4 is 28.1 Å². The van der Waals surface area contributed by atoms with Gasteiger partial charge in [-0.05, 0) is 30.3 Å². The summed E-state index contributed by atoms with van der Waals surface area (Å²) in [6, 6.07) is 22.5. The van der Waals surface area contributed by atoms with E-state index in [1.165, 1.54) is 4.68 Å². The lowest BCUT2D eigenvalue weighted by molar-refractivity contribution is -0.118. The molecule has 178 valence electrons. The number of benzene rings is 3. The van der Waals surface area contributed by atoms with Gasteiger partial charge in [-0.2, -0.15) is 5.10 Å². The highest BCUT2D eigenvalue weighted by Crippen LogP contribution is 2.33. The third kappa shape index (κ3) is 4.88. The molecule has 0 radical (unpaired) electrons. The number of amides is 1. The predicted octanol–water partition coefficient (Wildman–Crippen LogP) is 3.45. The van der Waals surface area contributed by atoms with Gasteiger partial charge in [-0.3, -0.25) is 9.59 Å². The minimum atomic E-state index is -0.265. The number of aryl methyl sites for hydroxylation is 1. The van der Waals surface area contributed by atoms with Crippen LogP contribution >= 0.6 is 0 Å². The van der Waals surface area contributed by atoms with Crippen molar-refractivity contribution in [3.05, 3.63) is 83.2 Å². The van der Waals surface area contributed by atoms with Crippen LogP contribution in [0.5, 0.6) is 5.75 Å². The second kappa shape index (κ2) is 9.99. The number of anilines is 2. The number of carbonyl (C=O) groups excluding carboxylic acids is 1. The van der Waals surface area contributed by atoms with Gasteiger partial charge in [0.05, 0.1) is 35.7 Å². The van der Waals surface area contributed by atoms with Gasteiger partial charge in [0, 0.05) is 31.1 Å². The number of morpholine rings is 1. The minimum absolute atomic E-state index is 0.113. The lowest BCUT2D eigenvalue weighted by atomic mass is 10.0. The molecule has 35 heavy (non-hydrogen) atoms. The van der Waals surface area contributed by atoms with Crippen LogP contribution < -0.4 is 20.5 Å². The second-order valence-electron chi connectivity index (χ2n) is 8.30. The lowest BCUT2D eigenvalue weighted by Gasteiger charge is -2.31. The largest absolute Gasteiger partial charge is 0.484 e. The van der Waals surface area contributed by atoms with Crippen LogP contribution in [0.15, 0.2) is 77.6 Å². The molecule has 0 atom stereocenters. The van der Waals surface area contributed by atoms with Gasteiger partial charge >= 0.3 is 0 Å². The molecular weight excluding hydrogens is 444 g/mol. The summed E-state index contributed by atoms with van der Waals surface area (Å²) in [5.74, 6) is 0.365. The lowest BCUT2D eigenvalue weighted by Crippen LogP contribution is -2.37. The van der Waals surface area contributed by atoms with Gasteiger partial charge in [0.15, 0.2) is 6.61 Å². The second-order valence-corrected chi connectivity index (χ2v) is 8.30. The van der Waals surface area contributed by atoms with Crippen molar-refractivity contribution in [3.8, 4) is 17.0 Å². The van der Waals surface area contributed by atoms with Gasteiger partial charge in [0.1, 0.15) is 5.75 Å². The monoisotopic (exact) mass is 470 g/mol. The van der Waals surface area contributed by atoms with E-state index in [4.69, 9.17) is 9.47 Å². The minimum Gasteiger partial charge on any atom is -0.484 e. The summed E-state index contributed by atoms with van der Waals surface area (Å²) in [5, 5.41) is 8.92. The molecule has 0 saturated carbocycles. The Balaban J connectivity index is 1.51. The Kier molecular flexibility index (Phi) is 6.45. The summed E-state index contributed by atoms with van der Waals surface area (Å²) in [6.45, 7) is 2.59. The summed E-state index contributed by atoms with van der Waals surface area (Å²) in [4.78, 5) is 27.6. The smallest absolute Gasteiger partial charge is 0.274 e. The Morgan fingerprint density at radius 2 is 1.71 bits per heavy atom. The van der Waals surface area contributed by atoms with Gasteiger partial charge in [0.2, 0.25) is 0 Å². The van der Waals surface area contributed by atoms with Crippen LogP contribution in [0, 0.1) is 0 Å². The quantitative estimate of drug-likeness (QED) is 0.465. The fraction of sp³-hybridized carbons (Fsp3) is 0.222. The first-order valence-electron chi connectivity index (χ1n) is 11.5. The van der Waals surface area contributed by atoms with Gasteiger partial charge in [0.25, 0.3) is 11.5 Å². The first kappa shape index (κ1) is 22.6. The van der Waals surface area contributed by atoms with E-state index in [9.17, 15) is 9.59 Å². The first-order chi connectivity index (χ1) is 17.1. The first-order valence-corrected chi connectivity index (χ1v) is 11.5. The van der Waals surface area contributed by atoms with E-state index >= 15 is 0 Å². The summed E-state index contributed by atoms with van der Waals surface area (Å²) in [7, 11) is 1.64. The van der Waals surface area contributed by atoms with Crippen molar-refractivity contribution in [2.24, 2.45) is 7.05 Å². The van der Waals surface area contributed by atoms with E-state index in [0.717, 1.165) is 29.7 Å². The van der Waals surface area contributed by atoms with E-state index in [1.54, 1.807) is 13.1 Å². The number of ether oxygens (including phenoxy) is 2. The Morgan fingerprint density at radius 3 is 2.49 bits per heavy atom. The SMILES string of the molecule is Cn1nc(-c2ccc(N3CCOCC3)c(NC(=O)COc3ccccc3)c2)c2ccccc2c1=O. The summed E-state index contributed by atoms with van der Waals surface area (Å²) in [5.41, 5.74) is 2.88. The molecule has 0 aliphatic carbocycles. The van der Waals surface area contributed by atoms with Crippen LogP contribution in [0.1, 0.15) is 0 Å². The molecule has 1 amide bonds. The third-order valence-corrected chi connectivity index (χ3v) is 5.97. The zero-order valence-electron chi connectivity index (χ0n) is 19.4. The molecule has 1 aliphatic heterocycles. The average molecular weight is 471 g/mol. The number of nitrogens with zero attached hydrogens (tertiary/aromatic N) is 3. The molecule has 0 unspecified atom stereocenters. The predicted molar refractivity (Wildman–Crippen MR) is 136 cm³/mol. The van der Waals surface area contributed by atoms with Crippen molar-refractivity contribution in [1.29, 1.82) is 0 Å². The number of nitrogens with one attached hydrogen (secondary N) is 1. The third-order valence-electron chi connectivity index (χ3n) is 5.97. The molecule has 5 rings (SSSR count). The molecule has 1 N–H and O–H groups in total. The van der Waals surface area contributed by atoms with Crippen molar-refractivity contribution in [3.63, 3.8) is 0 Å². The fourth-order valence-corrected chi connectivity index (χ4v) is 4.23. The highest BCUT2D eigenvalue weighted by atomic mass is 16.5. The number of aromatic nitrogens is 2. The van der Waals surface area contributed by atoms with Crippen LogP contribution in [0.25, 0.3) is 22.0 Å². The number of carbonyl (C=O) groups is 1. The number of hydrogen-bond acceptors (Lipinski definition) is 6. The molecule has 1 fully saturated rings. The number of rotatable bonds is 6. The Morgan fingerprint density at radius 1 is 1.00 bits per heavy atom. The van der Waals surface area contributed by atoms with E-state index in [2.05, 4.69) is 15.3 Å². The number of hydrogen-bond donors (Lipinski definition) is 1. The topological polar surface area (TPSA) is 85.7 Å². The number of para-hydroxylation sites is 1. The molecular formula is C27H26N4O4.